The van der Waals surface area contributed by atoms with E-state index in [2.05, 4.69) is 50.3 Å². The van der Waals surface area contributed by atoms with E-state index in [-0.39, 0.29) is 0 Å². The minimum atomic E-state index is 0.294. The zero-order valence-electron chi connectivity index (χ0n) is 10.8. The zero-order valence-corrected chi connectivity index (χ0v) is 10.8. The molecule has 2 aliphatic rings. The molecule has 17 heavy (non-hydrogen) atoms. The second kappa shape index (κ2) is 3.87. The van der Waals surface area contributed by atoms with Crippen molar-refractivity contribution in [1.82, 2.24) is 0 Å². The summed E-state index contributed by atoms with van der Waals surface area (Å²) in [7, 11) is 0. The zero-order chi connectivity index (χ0) is 11.9. The molecule has 2 aliphatic carbocycles. The Bertz CT molecular complexity index is 499. The molecule has 0 N–H and O–H groups in total. The molecule has 1 aromatic rings. The second-order valence-corrected chi connectivity index (χ2v) is 5.17. The van der Waals surface area contributed by atoms with Crippen LogP contribution in [0.15, 0.2) is 42.0 Å². The molecular formula is C17H20. The van der Waals surface area contributed by atoms with E-state index in [0.717, 1.165) is 0 Å². The van der Waals surface area contributed by atoms with Crippen LogP contribution >= 0.6 is 0 Å². The van der Waals surface area contributed by atoms with E-state index >= 15 is 0 Å². The lowest BCUT2D eigenvalue weighted by Crippen LogP contribution is -2.24. The Morgan fingerprint density at radius 1 is 1.12 bits per heavy atom. The monoisotopic (exact) mass is 224 g/mol. The van der Waals surface area contributed by atoms with Crippen molar-refractivity contribution in [2.24, 2.45) is 0 Å². The van der Waals surface area contributed by atoms with Crippen LogP contribution in [-0.4, -0.2) is 0 Å². The molecule has 0 saturated heterocycles. The van der Waals surface area contributed by atoms with Crippen molar-refractivity contribution in [2.45, 2.75) is 44.9 Å². The first-order valence-electron chi connectivity index (χ1n) is 6.83. The van der Waals surface area contributed by atoms with Gasteiger partial charge in [0, 0.05) is 5.41 Å². The third-order valence-corrected chi connectivity index (χ3v) is 4.66. The Hall–Kier alpha value is -1.30. The summed E-state index contributed by atoms with van der Waals surface area (Å²) in [5.41, 5.74) is 6.61. The largest absolute Gasteiger partial charge is 0.0839 e. The van der Waals surface area contributed by atoms with Gasteiger partial charge in [0.15, 0.2) is 0 Å². The Balaban J connectivity index is 2.28. The predicted molar refractivity (Wildman–Crippen MR) is 74.0 cm³/mol. The number of benzene rings is 1. The van der Waals surface area contributed by atoms with Gasteiger partial charge >= 0.3 is 0 Å². The lowest BCUT2D eigenvalue weighted by atomic mass is 9.72. The van der Waals surface area contributed by atoms with Crippen LogP contribution < -0.4 is 0 Å². The van der Waals surface area contributed by atoms with E-state index in [1.807, 2.05) is 0 Å². The van der Waals surface area contributed by atoms with Crippen molar-refractivity contribution in [3.8, 4) is 0 Å². The highest BCUT2D eigenvalue weighted by molar-refractivity contribution is 5.83. The summed E-state index contributed by atoms with van der Waals surface area (Å²) in [6, 6.07) is 9.04. The van der Waals surface area contributed by atoms with Crippen LogP contribution in [0.4, 0.5) is 0 Å². The fraction of sp³-hybridized carbons (Fsp3) is 0.412. The SMILES string of the molecule is CCC1(CC)C2=C(CCC=C2)c2ccccc21. The number of allylic oxidation sites excluding steroid dienone is 4. The highest BCUT2D eigenvalue weighted by Gasteiger charge is 2.41. The van der Waals surface area contributed by atoms with E-state index in [9.17, 15) is 0 Å². The highest BCUT2D eigenvalue weighted by atomic mass is 14.4. The van der Waals surface area contributed by atoms with Gasteiger partial charge in [-0.15, -0.1) is 0 Å². The second-order valence-electron chi connectivity index (χ2n) is 5.17. The molecule has 0 heteroatoms. The maximum Gasteiger partial charge on any atom is 0.0206 e. The minimum absolute atomic E-state index is 0.294. The van der Waals surface area contributed by atoms with Crippen molar-refractivity contribution in [3.63, 3.8) is 0 Å². The maximum absolute atomic E-state index is 2.39. The van der Waals surface area contributed by atoms with Crippen molar-refractivity contribution in [2.75, 3.05) is 0 Å². The molecule has 0 spiro atoms. The fourth-order valence-corrected chi connectivity index (χ4v) is 3.71. The van der Waals surface area contributed by atoms with Crippen LogP contribution in [0.3, 0.4) is 0 Å². The Kier molecular flexibility index (Phi) is 2.47. The van der Waals surface area contributed by atoms with Crippen LogP contribution in [0.1, 0.15) is 50.7 Å². The summed E-state index contributed by atoms with van der Waals surface area (Å²) < 4.78 is 0. The molecule has 0 aliphatic heterocycles. The van der Waals surface area contributed by atoms with E-state index in [4.69, 9.17) is 0 Å². The summed E-state index contributed by atoms with van der Waals surface area (Å²) >= 11 is 0. The first-order valence-corrected chi connectivity index (χ1v) is 6.83. The standard InChI is InChI=1S/C17H20/c1-3-17(4-2)15-11-7-5-9-13(15)14-10-6-8-12-16(14)17/h5,7-9,11-12H,3-4,6,10H2,1-2H3. The summed E-state index contributed by atoms with van der Waals surface area (Å²) in [5.74, 6) is 0. The average Bonchev–Trinajstić information content (AvgIpc) is 2.70. The predicted octanol–water partition coefficient (Wildman–Crippen LogP) is 4.86. The van der Waals surface area contributed by atoms with E-state index < -0.39 is 0 Å². The van der Waals surface area contributed by atoms with E-state index in [1.165, 1.54) is 31.2 Å². The van der Waals surface area contributed by atoms with Crippen LogP contribution in [0.5, 0.6) is 0 Å². The number of fused-ring (bicyclic) bond motifs is 2. The molecule has 0 saturated carbocycles. The molecule has 0 heterocycles. The first kappa shape index (κ1) is 10.8. The van der Waals surface area contributed by atoms with Gasteiger partial charge < -0.3 is 0 Å². The summed E-state index contributed by atoms with van der Waals surface area (Å²) in [5, 5.41) is 0. The molecule has 88 valence electrons. The fourth-order valence-electron chi connectivity index (χ4n) is 3.71. The van der Waals surface area contributed by atoms with Gasteiger partial charge in [-0.3, -0.25) is 0 Å². The van der Waals surface area contributed by atoms with Gasteiger partial charge in [-0.1, -0.05) is 50.3 Å². The number of rotatable bonds is 2. The van der Waals surface area contributed by atoms with Gasteiger partial charge in [-0.25, -0.2) is 0 Å². The smallest absolute Gasteiger partial charge is 0.0206 e. The van der Waals surface area contributed by atoms with E-state index in [1.54, 1.807) is 16.7 Å². The molecular weight excluding hydrogens is 204 g/mol. The van der Waals surface area contributed by atoms with Gasteiger partial charge in [-0.05, 0) is 48.0 Å². The molecule has 0 nitrogen and oxygen atoms in total. The van der Waals surface area contributed by atoms with E-state index in [0.29, 0.717) is 5.41 Å². The molecule has 0 unspecified atom stereocenters. The van der Waals surface area contributed by atoms with Crippen LogP contribution in [0, 0.1) is 0 Å². The molecule has 0 fully saturated rings. The summed E-state index contributed by atoms with van der Waals surface area (Å²) in [4.78, 5) is 0. The molecule has 0 atom stereocenters. The van der Waals surface area contributed by atoms with Crippen molar-refractivity contribution in [1.29, 1.82) is 0 Å². The van der Waals surface area contributed by atoms with Crippen molar-refractivity contribution >= 4 is 5.57 Å². The van der Waals surface area contributed by atoms with Crippen LogP contribution in [0.25, 0.3) is 5.57 Å². The normalized spacial score (nSPS) is 20.4. The molecule has 0 aromatic heterocycles. The average molecular weight is 224 g/mol. The quantitative estimate of drug-likeness (QED) is 0.673. The van der Waals surface area contributed by atoms with Crippen molar-refractivity contribution in [3.05, 3.63) is 53.1 Å². The molecule has 0 radical (unpaired) electrons. The summed E-state index contributed by atoms with van der Waals surface area (Å²) in [6.45, 7) is 4.66. The maximum atomic E-state index is 2.39. The van der Waals surface area contributed by atoms with Crippen LogP contribution in [0.2, 0.25) is 0 Å². The van der Waals surface area contributed by atoms with Gasteiger partial charge in [0.25, 0.3) is 0 Å². The molecule has 3 rings (SSSR count). The molecule has 1 aromatic carbocycles. The van der Waals surface area contributed by atoms with Crippen molar-refractivity contribution < 1.29 is 0 Å². The third kappa shape index (κ3) is 1.30. The Morgan fingerprint density at radius 3 is 2.65 bits per heavy atom. The highest BCUT2D eigenvalue weighted by Crippen LogP contribution is 2.53. The van der Waals surface area contributed by atoms with Gasteiger partial charge in [0.1, 0.15) is 0 Å². The van der Waals surface area contributed by atoms with Crippen LogP contribution in [-0.2, 0) is 5.41 Å². The number of hydrogen-bond acceptors (Lipinski definition) is 0. The van der Waals surface area contributed by atoms with Gasteiger partial charge in [0.2, 0.25) is 0 Å². The van der Waals surface area contributed by atoms with Gasteiger partial charge in [0.05, 0.1) is 0 Å². The first-order chi connectivity index (χ1) is 8.33. The lowest BCUT2D eigenvalue weighted by molar-refractivity contribution is 0.485. The minimum Gasteiger partial charge on any atom is -0.0839 e. The molecule has 0 amide bonds. The molecule has 0 bridgehead atoms. The lowest BCUT2D eigenvalue weighted by Gasteiger charge is -2.31. The Morgan fingerprint density at radius 2 is 1.88 bits per heavy atom. The topological polar surface area (TPSA) is 0 Å². The Labute approximate surface area is 104 Å². The number of hydrogen-bond donors (Lipinski definition) is 0. The third-order valence-electron chi connectivity index (χ3n) is 4.66. The summed E-state index contributed by atoms with van der Waals surface area (Å²) in [6.07, 6.45) is 9.60. The van der Waals surface area contributed by atoms with Gasteiger partial charge in [-0.2, -0.15) is 0 Å².